The highest BCUT2D eigenvalue weighted by Gasteiger charge is 2.04. The molecule has 0 saturated carbocycles. The Balaban J connectivity index is 2.10. The Hall–Kier alpha value is -2.07. The predicted molar refractivity (Wildman–Crippen MR) is 73.2 cm³/mol. The summed E-state index contributed by atoms with van der Waals surface area (Å²) in [4.78, 5) is 0. The van der Waals surface area contributed by atoms with Gasteiger partial charge in [-0.1, -0.05) is 29.8 Å². The normalized spacial score (nSPS) is 10.2. The Bertz CT molecular complexity index is 616. The Labute approximate surface area is 115 Å². The average Bonchev–Trinajstić information content (AvgIpc) is 2.38. The lowest BCUT2D eigenvalue weighted by Gasteiger charge is -2.09. The lowest BCUT2D eigenvalue weighted by molar-refractivity contribution is 0.306. The Morgan fingerprint density at radius 3 is 2.74 bits per heavy atom. The quantitative estimate of drug-likeness (QED) is 0.666. The number of rotatable bonds is 4. The van der Waals surface area contributed by atoms with E-state index in [1.165, 1.54) is 12.1 Å². The summed E-state index contributed by atoms with van der Waals surface area (Å²) in [5.74, 6) is 0.172. The van der Waals surface area contributed by atoms with Crippen LogP contribution in [0.5, 0.6) is 5.75 Å². The van der Waals surface area contributed by atoms with Gasteiger partial charge in [-0.05, 0) is 24.3 Å². The van der Waals surface area contributed by atoms with Crippen molar-refractivity contribution in [3.63, 3.8) is 0 Å². The summed E-state index contributed by atoms with van der Waals surface area (Å²) in [7, 11) is 0. The highest BCUT2D eigenvalue weighted by molar-refractivity contribution is 6.31. The molecule has 98 valence electrons. The molecule has 0 spiro atoms. The zero-order valence-corrected chi connectivity index (χ0v) is 10.7. The van der Waals surface area contributed by atoms with Crippen molar-refractivity contribution in [2.45, 2.75) is 6.61 Å². The van der Waals surface area contributed by atoms with E-state index in [1.54, 1.807) is 30.3 Å². The van der Waals surface area contributed by atoms with Gasteiger partial charge in [0.1, 0.15) is 24.0 Å². The molecule has 0 radical (unpaired) electrons. The molecular formula is C14H12ClFN2O. The SMILES string of the molecule is N=C(N)c1cccc(OCc2ccc(F)cc2Cl)c1. The van der Waals surface area contributed by atoms with Crippen molar-refractivity contribution in [3.8, 4) is 5.75 Å². The van der Waals surface area contributed by atoms with Crippen LogP contribution in [0.15, 0.2) is 42.5 Å². The lowest BCUT2D eigenvalue weighted by atomic mass is 10.2. The molecule has 2 rings (SSSR count). The zero-order chi connectivity index (χ0) is 13.8. The summed E-state index contributed by atoms with van der Waals surface area (Å²) in [5.41, 5.74) is 6.67. The van der Waals surface area contributed by atoms with Gasteiger partial charge in [-0.2, -0.15) is 0 Å². The van der Waals surface area contributed by atoms with E-state index >= 15 is 0 Å². The van der Waals surface area contributed by atoms with E-state index in [9.17, 15) is 4.39 Å². The molecular weight excluding hydrogens is 267 g/mol. The molecule has 0 amide bonds. The molecule has 5 heteroatoms. The van der Waals surface area contributed by atoms with Crippen LogP contribution in [0.3, 0.4) is 0 Å². The van der Waals surface area contributed by atoms with Gasteiger partial charge in [0.25, 0.3) is 0 Å². The molecule has 2 aromatic rings. The number of amidine groups is 1. The van der Waals surface area contributed by atoms with Crippen molar-refractivity contribution >= 4 is 17.4 Å². The van der Waals surface area contributed by atoms with Gasteiger partial charge in [0.05, 0.1) is 5.02 Å². The maximum absolute atomic E-state index is 12.9. The summed E-state index contributed by atoms with van der Waals surface area (Å²) in [6, 6.07) is 11.0. The highest BCUT2D eigenvalue weighted by atomic mass is 35.5. The molecule has 3 nitrogen and oxygen atoms in total. The minimum Gasteiger partial charge on any atom is -0.489 e. The molecule has 0 aliphatic carbocycles. The van der Waals surface area contributed by atoms with Gasteiger partial charge >= 0.3 is 0 Å². The first-order chi connectivity index (χ1) is 9.06. The van der Waals surface area contributed by atoms with Crippen LogP contribution in [0.4, 0.5) is 4.39 Å². The third-order valence-electron chi connectivity index (χ3n) is 2.55. The van der Waals surface area contributed by atoms with Gasteiger partial charge in [0.2, 0.25) is 0 Å². The van der Waals surface area contributed by atoms with Crippen molar-refractivity contribution in [2.24, 2.45) is 5.73 Å². The second-order valence-electron chi connectivity index (χ2n) is 3.97. The molecule has 0 atom stereocenters. The minimum absolute atomic E-state index is 0.0229. The average molecular weight is 279 g/mol. The molecule has 0 bridgehead atoms. The van der Waals surface area contributed by atoms with E-state index in [-0.39, 0.29) is 18.3 Å². The van der Waals surface area contributed by atoms with Crippen molar-refractivity contribution in [1.82, 2.24) is 0 Å². The van der Waals surface area contributed by atoms with Crippen molar-refractivity contribution in [2.75, 3.05) is 0 Å². The Kier molecular flexibility index (Phi) is 4.02. The molecule has 0 saturated heterocycles. The van der Waals surface area contributed by atoms with E-state index in [4.69, 9.17) is 27.5 Å². The molecule has 19 heavy (non-hydrogen) atoms. The first-order valence-electron chi connectivity index (χ1n) is 5.57. The Morgan fingerprint density at radius 2 is 2.05 bits per heavy atom. The fourth-order valence-corrected chi connectivity index (χ4v) is 1.78. The molecule has 0 aliphatic rings. The van der Waals surface area contributed by atoms with E-state index in [0.29, 0.717) is 21.9 Å². The van der Waals surface area contributed by atoms with Crippen LogP contribution in [0.25, 0.3) is 0 Å². The number of nitrogens with two attached hydrogens (primary N) is 1. The molecule has 0 aromatic heterocycles. The van der Waals surface area contributed by atoms with Crippen LogP contribution in [-0.2, 0) is 6.61 Å². The number of nitrogen functional groups attached to an aromatic ring is 1. The topological polar surface area (TPSA) is 59.1 Å². The largest absolute Gasteiger partial charge is 0.489 e. The van der Waals surface area contributed by atoms with Crippen LogP contribution < -0.4 is 10.5 Å². The third-order valence-corrected chi connectivity index (χ3v) is 2.91. The van der Waals surface area contributed by atoms with Crippen LogP contribution in [0.2, 0.25) is 5.02 Å². The zero-order valence-electron chi connectivity index (χ0n) is 9.99. The second kappa shape index (κ2) is 5.71. The molecule has 0 fully saturated rings. The van der Waals surface area contributed by atoms with Gasteiger partial charge in [0.15, 0.2) is 0 Å². The van der Waals surface area contributed by atoms with Crippen LogP contribution in [0.1, 0.15) is 11.1 Å². The monoisotopic (exact) mass is 278 g/mol. The molecule has 0 aliphatic heterocycles. The molecule has 2 aromatic carbocycles. The molecule has 0 unspecified atom stereocenters. The third kappa shape index (κ3) is 3.45. The smallest absolute Gasteiger partial charge is 0.124 e. The predicted octanol–water partition coefficient (Wildman–Crippen LogP) is 3.34. The second-order valence-corrected chi connectivity index (χ2v) is 4.37. The van der Waals surface area contributed by atoms with Gasteiger partial charge in [-0.3, -0.25) is 5.41 Å². The summed E-state index contributed by atoms with van der Waals surface area (Å²) >= 11 is 5.90. The van der Waals surface area contributed by atoms with Crippen molar-refractivity contribution in [1.29, 1.82) is 5.41 Å². The first-order valence-corrected chi connectivity index (χ1v) is 5.95. The molecule has 3 N–H and O–H groups in total. The van der Waals surface area contributed by atoms with Crippen LogP contribution >= 0.6 is 11.6 Å². The van der Waals surface area contributed by atoms with E-state index in [0.717, 1.165) is 0 Å². The van der Waals surface area contributed by atoms with Crippen LogP contribution in [-0.4, -0.2) is 5.84 Å². The number of benzene rings is 2. The lowest BCUT2D eigenvalue weighted by Crippen LogP contribution is -2.10. The molecule has 0 heterocycles. The fourth-order valence-electron chi connectivity index (χ4n) is 1.55. The fraction of sp³-hybridized carbons (Fsp3) is 0.0714. The van der Waals surface area contributed by atoms with Crippen LogP contribution in [0, 0.1) is 11.2 Å². The van der Waals surface area contributed by atoms with E-state index in [2.05, 4.69) is 0 Å². The van der Waals surface area contributed by atoms with Crippen molar-refractivity contribution in [3.05, 3.63) is 64.4 Å². The number of halogens is 2. The summed E-state index contributed by atoms with van der Waals surface area (Å²) in [6.07, 6.45) is 0. The van der Waals surface area contributed by atoms with Crippen molar-refractivity contribution < 1.29 is 9.13 Å². The summed E-state index contributed by atoms with van der Waals surface area (Å²) in [5, 5.41) is 7.67. The number of nitrogens with one attached hydrogen (secondary N) is 1. The maximum atomic E-state index is 12.9. The number of hydrogen-bond acceptors (Lipinski definition) is 2. The first kappa shape index (κ1) is 13.4. The minimum atomic E-state index is -0.382. The number of hydrogen-bond donors (Lipinski definition) is 2. The highest BCUT2D eigenvalue weighted by Crippen LogP contribution is 2.20. The standard InChI is InChI=1S/C14H12ClFN2O/c15-13-7-11(16)5-4-10(13)8-19-12-3-1-2-9(6-12)14(17)18/h1-7H,8H2,(H3,17,18). The van der Waals surface area contributed by atoms with Gasteiger partial charge in [-0.15, -0.1) is 0 Å². The van der Waals surface area contributed by atoms with Gasteiger partial charge < -0.3 is 10.5 Å². The van der Waals surface area contributed by atoms with E-state index in [1.807, 2.05) is 0 Å². The van der Waals surface area contributed by atoms with Gasteiger partial charge in [-0.25, -0.2) is 4.39 Å². The number of ether oxygens (including phenoxy) is 1. The van der Waals surface area contributed by atoms with E-state index < -0.39 is 0 Å². The maximum Gasteiger partial charge on any atom is 0.124 e. The van der Waals surface area contributed by atoms with Gasteiger partial charge in [0, 0.05) is 11.1 Å². The summed E-state index contributed by atoms with van der Waals surface area (Å²) < 4.78 is 18.4. The Morgan fingerprint density at radius 1 is 1.26 bits per heavy atom. The summed E-state index contributed by atoms with van der Waals surface area (Å²) in [6.45, 7) is 0.223.